The monoisotopic (exact) mass is 349 g/mol. The molecule has 142 valence electrons. The number of rotatable bonds is 11. The molecule has 1 saturated heterocycles. The van der Waals surface area contributed by atoms with Crippen LogP contribution in [0.5, 0.6) is 0 Å². The van der Waals surface area contributed by atoms with E-state index in [0.29, 0.717) is 5.92 Å². The summed E-state index contributed by atoms with van der Waals surface area (Å²) in [5.74, 6) is 1.42. The molecule has 1 aliphatic heterocycles. The van der Waals surface area contributed by atoms with Crippen LogP contribution in [0.1, 0.15) is 44.6 Å². The molecule has 0 radical (unpaired) electrons. The molecule has 6 heteroatoms. The van der Waals surface area contributed by atoms with Crippen LogP contribution in [-0.4, -0.2) is 74.4 Å². The molecule has 1 aromatic rings. The van der Waals surface area contributed by atoms with Gasteiger partial charge in [0.25, 0.3) is 0 Å². The maximum atomic E-state index is 5.58. The van der Waals surface area contributed by atoms with Gasteiger partial charge in [-0.1, -0.05) is 20.3 Å². The molecule has 6 nitrogen and oxygen atoms in total. The van der Waals surface area contributed by atoms with Crippen molar-refractivity contribution in [1.29, 1.82) is 0 Å². The zero-order valence-electron chi connectivity index (χ0n) is 16.2. The molecular weight excluding hydrogens is 314 g/mol. The second-order valence-corrected chi connectivity index (χ2v) is 6.90. The summed E-state index contributed by atoms with van der Waals surface area (Å²) in [5.41, 5.74) is 1.25. The Morgan fingerprint density at radius 1 is 1.16 bits per heavy atom. The molecule has 0 bridgehead atoms. The third kappa shape index (κ3) is 6.88. The van der Waals surface area contributed by atoms with Crippen LogP contribution < -0.4 is 10.2 Å². The number of nitrogens with one attached hydrogen (secondary N) is 1. The van der Waals surface area contributed by atoms with E-state index in [2.05, 4.69) is 38.9 Å². The fourth-order valence-electron chi connectivity index (χ4n) is 3.19. The van der Waals surface area contributed by atoms with Gasteiger partial charge in [0.05, 0.1) is 6.61 Å². The SMILES string of the molecule is CCCC(C)c1cnc(N2CCN(CCCOCCNC)CC2)nc1. The molecule has 2 rings (SSSR count). The Bertz CT molecular complexity index is 459. The van der Waals surface area contributed by atoms with E-state index in [1.807, 2.05) is 19.4 Å². The van der Waals surface area contributed by atoms with Crippen LogP contribution in [0.25, 0.3) is 0 Å². The Morgan fingerprint density at radius 2 is 1.88 bits per heavy atom. The van der Waals surface area contributed by atoms with Crippen LogP contribution in [0.15, 0.2) is 12.4 Å². The van der Waals surface area contributed by atoms with Crippen molar-refractivity contribution >= 4 is 5.95 Å². The number of piperazine rings is 1. The van der Waals surface area contributed by atoms with Gasteiger partial charge in [-0.3, -0.25) is 4.90 Å². The number of likely N-dealkylation sites (N-methyl/N-ethyl adjacent to an activating group) is 1. The third-order valence-electron chi connectivity index (χ3n) is 4.86. The van der Waals surface area contributed by atoms with E-state index in [1.165, 1.54) is 18.4 Å². The van der Waals surface area contributed by atoms with Crippen LogP contribution in [0.4, 0.5) is 5.95 Å². The first kappa shape index (κ1) is 20.1. The van der Waals surface area contributed by atoms with Gasteiger partial charge >= 0.3 is 0 Å². The quantitative estimate of drug-likeness (QED) is 0.618. The van der Waals surface area contributed by atoms with Gasteiger partial charge < -0.3 is 15.0 Å². The molecule has 0 amide bonds. The molecule has 1 N–H and O–H groups in total. The van der Waals surface area contributed by atoms with E-state index in [9.17, 15) is 0 Å². The van der Waals surface area contributed by atoms with E-state index in [0.717, 1.165) is 64.9 Å². The summed E-state index contributed by atoms with van der Waals surface area (Å²) in [5, 5.41) is 3.09. The Morgan fingerprint density at radius 3 is 2.52 bits per heavy atom. The third-order valence-corrected chi connectivity index (χ3v) is 4.86. The lowest BCUT2D eigenvalue weighted by molar-refractivity contribution is 0.122. The Hall–Kier alpha value is -1.24. The number of anilines is 1. The first-order valence-electron chi connectivity index (χ1n) is 9.76. The van der Waals surface area contributed by atoms with Gasteiger partial charge in [-0.15, -0.1) is 0 Å². The first-order valence-corrected chi connectivity index (χ1v) is 9.76. The second-order valence-electron chi connectivity index (χ2n) is 6.90. The molecule has 1 aromatic heterocycles. The molecule has 1 atom stereocenters. The summed E-state index contributed by atoms with van der Waals surface area (Å²) < 4.78 is 5.58. The molecule has 0 aliphatic carbocycles. The molecule has 1 fully saturated rings. The highest BCUT2D eigenvalue weighted by Gasteiger charge is 2.18. The fraction of sp³-hybridized carbons (Fsp3) is 0.789. The van der Waals surface area contributed by atoms with Gasteiger partial charge in [-0.2, -0.15) is 0 Å². The van der Waals surface area contributed by atoms with Gasteiger partial charge in [0.15, 0.2) is 0 Å². The highest BCUT2D eigenvalue weighted by molar-refractivity contribution is 5.31. The molecule has 0 aromatic carbocycles. The Balaban J connectivity index is 1.67. The summed E-state index contributed by atoms with van der Waals surface area (Å²) >= 11 is 0. The average Bonchev–Trinajstić information content (AvgIpc) is 2.65. The zero-order valence-corrected chi connectivity index (χ0v) is 16.2. The lowest BCUT2D eigenvalue weighted by Crippen LogP contribution is -2.47. The molecule has 0 spiro atoms. The van der Waals surface area contributed by atoms with Crippen molar-refractivity contribution in [3.8, 4) is 0 Å². The highest BCUT2D eigenvalue weighted by atomic mass is 16.5. The van der Waals surface area contributed by atoms with Crippen molar-refractivity contribution in [2.24, 2.45) is 0 Å². The van der Waals surface area contributed by atoms with Crippen LogP contribution in [0, 0.1) is 0 Å². The maximum absolute atomic E-state index is 5.58. The molecule has 2 heterocycles. The molecule has 1 unspecified atom stereocenters. The minimum Gasteiger partial charge on any atom is -0.380 e. The normalized spacial score (nSPS) is 17.0. The lowest BCUT2D eigenvalue weighted by atomic mass is 10.00. The van der Waals surface area contributed by atoms with Crippen LogP contribution >= 0.6 is 0 Å². The number of ether oxygens (including phenoxy) is 1. The first-order chi connectivity index (χ1) is 12.2. The van der Waals surface area contributed by atoms with E-state index >= 15 is 0 Å². The average molecular weight is 350 g/mol. The van der Waals surface area contributed by atoms with Crippen LogP contribution in [0.2, 0.25) is 0 Å². The van der Waals surface area contributed by atoms with Gasteiger partial charge in [0.1, 0.15) is 0 Å². The molecule has 25 heavy (non-hydrogen) atoms. The summed E-state index contributed by atoms with van der Waals surface area (Å²) in [4.78, 5) is 14.0. The maximum Gasteiger partial charge on any atom is 0.225 e. The molecular formula is C19H35N5O. The van der Waals surface area contributed by atoms with Crippen molar-refractivity contribution in [3.05, 3.63) is 18.0 Å². The van der Waals surface area contributed by atoms with E-state index in [1.54, 1.807) is 0 Å². The van der Waals surface area contributed by atoms with Crippen molar-refractivity contribution in [2.45, 2.75) is 39.0 Å². The van der Waals surface area contributed by atoms with Gasteiger partial charge in [0.2, 0.25) is 5.95 Å². The summed E-state index contributed by atoms with van der Waals surface area (Å²) in [6, 6.07) is 0. The van der Waals surface area contributed by atoms with Gasteiger partial charge in [-0.05, 0) is 31.4 Å². The van der Waals surface area contributed by atoms with Crippen molar-refractivity contribution in [1.82, 2.24) is 20.2 Å². The Labute approximate surface area is 153 Å². The number of hydrogen-bond donors (Lipinski definition) is 1. The van der Waals surface area contributed by atoms with Gasteiger partial charge in [0, 0.05) is 58.3 Å². The standard InChI is InChI=1S/C19H35N5O/c1-4-6-17(2)18-15-21-19(22-16-18)24-11-9-23(10-12-24)8-5-13-25-14-7-20-3/h15-17,20H,4-14H2,1-3H3. The van der Waals surface area contributed by atoms with Crippen molar-refractivity contribution < 1.29 is 4.74 Å². The minimum atomic E-state index is 0.547. The van der Waals surface area contributed by atoms with Crippen molar-refractivity contribution in [2.75, 3.05) is 64.4 Å². The minimum absolute atomic E-state index is 0.547. The second kappa shape index (κ2) is 11.4. The van der Waals surface area contributed by atoms with Crippen LogP contribution in [-0.2, 0) is 4.74 Å². The number of aromatic nitrogens is 2. The predicted octanol–water partition coefficient (Wildman–Crippen LogP) is 2.13. The highest BCUT2D eigenvalue weighted by Crippen LogP contribution is 2.20. The lowest BCUT2D eigenvalue weighted by Gasteiger charge is -2.34. The summed E-state index contributed by atoms with van der Waals surface area (Å²) in [6.45, 7) is 12.3. The van der Waals surface area contributed by atoms with E-state index in [-0.39, 0.29) is 0 Å². The summed E-state index contributed by atoms with van der Waals surface area (Å²) in [7, 11) is 1.95. The summed E-state index contributed by atoms with van der Waals surface area (Å²) in [6.07, 6.45) is 7.52. The zero-order chi connectivity index (χ0) is 17.9. The van der Waals surface area contributed by atoms with Crippen LogP contribution in [0.3, 0.4) is 0 Å². The smallest absolute Gasteiger partial charge is 0.225 e. The van der Waals surface area contributed by atoms with Crippen molar-refractivity contribution in [3.63, 3.8) is 0 Å². The largest absolute Gasteiger partial charge is 0.380 e. The number of hydrogen-bond acceptors (Lipinski definition) is 6. The Kier molecular flexibility index (Phi) is 9.15. The fourth-order valence-corrected chi connectivity index (χ4v) is 3.19. The van der Waals surface area contributed by atoms with Gasteiger partial charge in [-0.25, -0.2) is 9.97 Å². The predicted molar refractivity (Wildman–Crippen MR) is 103 cm³/mol. The molecule has 0 saturated carbocycles. The molecule has 1 aliphatic rings. The topological polar surface area (TPSA) is 53.5 Å². The van der Waals surface area contributed by atoms with E-state index in [4.69, 9.17) is 4.74 Å². The number of nitrogens with zero attached hydrogens (tertiary/aromatic N) is 4. The van der Waals surface area contributed by atoms with E-state index < -0.39 is 0 Å².